The Morgan fingerprint density at radius 2 is 1.64 bits per heavy atom. The van der Waals surface area contributed by atoms with E-state index < -0.39 is 0 Å². The summed E-state index contributed by atoms with van der Waals surface area (Å²) in [7, 11) is 1.67. The molecule has 0 N–H and O–H groups in total. The van der Waals surface area contributed by atoms with Gasteiger partial charge in [-0.2, -0.15) is 17.2 Å². The second-order valence-corrected chi connectivity index (χ2v) is 10.9. The Hall–Kier alpha value is -4.67. The molecule has 0 atom stereocenters. The van der Waals surface area contributed by atoms with Crippen LogP contribution in [0, 0.1) is 26.0 Å². The normalized spacial score (nSPS) is 11.1. The average Bonchev–Trinajstić information content (AvgIpc) is 3.54. The summed E-state index contributed by atoms with van der Waals surface area (Å²) in [4.78, 5) is 4.69. The summed E-state index contributed by atoms with van der Waals surface area (Å²) in [6.45, 7) is 6.33. The summed E-state index contributed by atoms with van der Waals surface area (Å²) in [5.41, 5.74) is 8.35. The molecule has 0 unspecified atom stereocenters. The van der Waals surface area contributed by atoms with Crippen LogP contribution < -0.4 is 9.47 Å². The van der Waals surface area contributed by atoms with Crippen molar-refractivity contribution < 1.29 is 30.5 Å². The zero-order valence-electron chi connectivity index (χ0n) is 25.6. The molecule has 0 spiro atoms. The maximum Gasteiger partial charge on any atom is 2.00 e. The fraction of sp³-hybridized carbons (Fsp3) is 0.158. The second kappa shape index (κ2) is 12.7. The van der Waals surface area contributed by atoms with Gasteiger partial charge in [-0.25, -0.2) is 4.98 Å². The van der Waals surface area contributed by atoms with Crippen molar-refractivity contribution in [3.8, 4) is 39.9 Å². The fourth-order valence-electron chi connectivity index (χ4n) is 6.00. The van der Waals surface area contributed by atoms with Crippen LogP contribution in [0.2, 0.25) is 0 Å². The van der Waals surface area contributed by atoms with Crippen molar-refractivity contribution >= 4 is 21.8 Å². The van der Waals surface area contributed by atoms with E-state index in [1.54, 1.807) is 13.3 Å². The monoisotopic (exact) mass is 771 g/mol. The number of benzene rings is 4. The average molecular weight is 772 g/mol. The second-order valence-electron chi connectivity index (χ2n) is 10.9. The third-order valence-corrected chi connectivity index (χ3v) is 7.99. The maximum atomic E-state index is 6.39. The molecule has 0 aliphatic rings. The molecule has 0 amide bonds. The Bertz CT molecular complexity index is 2130. The van der Waals surface area contributed by atoms with E-state index in [1.807, 2.05) is 66.2 Å². The zero-order valence-corrected chi connectivity index (χ0v) is 27.8. The Morgan fingerprint density at radius 3 is 2.44 bits per heavy atom. The molecule has 0 saturated carbocycles. The molecule has 45 heavy (non-hydrogen) atoms. The predicted octanol–water partition coefficient (Wildman–Crippen LogP) is 9.00. The Labute approximate surface area is 277 Å². The number of hydrogen-bond donors (Lipinski definition) is 0. The van der Waals surface area contributed by atoms with E-state index in [2.05, 4.69) is 66.9 Å². The van der Waals surface area contributed by atoms with Crippen molar-refractivity contribution in [2.75, 3.05) is 7.11 Å². The molecule has 0 bridgehead atoms. The van der Waals surface area contributed by atoms with Gasteiger partial charge in [0, 0.05) is 40.5 Å². The molecule has 7 heteroatoms. The van der Waals surface area contributed by atoms with E-state index in [1.165, 1.54) is 5.56 Å². The first-order valence-electron chi connectivity index (χ1n) is 14.9. The number of pyridine rings is 1. The molecular formula is C38H32N4O2Pt. The zero-order chi connectivity index (χ0) is 30.2. The third kappa shape index (κ3) is 5.67. The van der Waals surface area contributed by atoms with Crippen molar-refractivity contribution in [3.63, 3.8) is 0 Å². The molecule has 4 aromatic carbocycles. The molecule has 3 aromatic heterocycles. The minimum Gasteiger partial charge on any atom is -0.509 e. The van der Waals surface area contributed by atoms with Gasteiger partial charge >= 0.3 is 21.1 Å². The molecular weight excluding hydrogens is 740 g/mol. The number of fused-ring (bicyclic) bond motifs is 3. The van der Waals surface area contributed by atoms with Gasteiger partial charge in [-0.3, -0.25) is 4.68 Å². The van der Waals surface area contributed by atoms with Crippen LogP contribution in [0.15, 0.2) is 97.2 Å². The largest absolute Gasteiger partial charge is 2.00 e. The first-order chi connectivity index (χ1) is 21.5. The first kappa shape index (κ1) is 30.4. The SMILES string of the molecule is CCCc1ccc2c(c1)c1ccc(Oc3[c-]c(-n4nc(C)c(-c5ccccc5)c4C)ccc3)[c-]c1n2-c1cc(OC)ccn1.[Pt+2]. The standard InChI is InChI=1S/C38H32N4O2.Pt/c1-5-10-27-15-18-35-34(21-27)33-17-16-32(23-36(33)41(35)37-24-30(43-4)19-20-39-37)44-31-14-9-13-29(22-31)42-26(3)38(25(2)40-42)28-11-7-6-8-12-28;/h6-9,11-21,24H,5,10H2,1-4H3;/q-2;+2. The molecule has 0 aliphatic carbocycles. The number of ether oxygens (including phenoxy) is 2. The van der Waals surface area contributed by atoms with E-state index in [4.69, 9.17) is 19.6 Å². The molecule has 7 aromatic rings. The van der Waals surface area contributed by atoms with Gasteiger partial charge in [0.05, 0.1) is 12.8 Å². The van der Waals surface area contributed by atoms with Gasteiger partial charge in [0.25, 0.3) is 0 Å². The van der Waals surface area contributed by atoms with Crippen molar-refractivity contribution in [1.29, 1.82) is 0 Å². The Morgan fingerprint density at radius 1 is 0.822 bits per heavy atom. The van der Waals surface area contributed by atoms with Crippen molar-refractivity contribution in [2.45, 2.75) is 33.6 Å². The van der Waals surface area contributed by atoms with E-state index in [0.29, 0.717) is 11.5 Å². The van der Waals surface area contributed by atoms with Crippen LogP contribution in [0.5, 0.6) is 17.2 Å². The van der Waals surface area contributed by atoms with Gasteiger partial charge in [-0.05, 0) is 54.6 Å². The summed E-state index contributed by atoms with van der Waals surface area (Å²) in [6.07, 6.45) is 3.88. The van der Waals surface area contributed by atoms with Gasteiger partial charge < -0.3 is 14.0 Å². The van der Waals surface area contributed by atoms with Gasteiger partial charge in [-0.15, -0.1) is 35.7 Å². The number of methoxy groups -OCH3 is 1. The molecule has 3 heterocycles. The Balaban J connectivity index is 0.00000357. The van der Waals surface area contributed by atoms with Crippen LogP contribution in [0.4, 0.5) is 0 Å². The van der Waals surface area contributed by atoms with E-state index in [-0.39, 0.29) is 21.1 Å². The quantitative estimate of drug-likeness (QED) is 0.145. The fourth-order valence-corrected chi connectivity index (χ4v) is 6.00. The van der Waals surface area contributed by atoms with Crippen LogP contribution in [0.3, 0.4) is 0 Å². The first-order valence-corrected chi connectivity index (χ1v) is 14.9. The Kier molecular flexibility index (Phi) is 8.60. The molecule has 0 saturated heterocycles. The predicted molar refractivity (Wildman–Crippen MR) is 175 cm³/mol. The van der Waals surface area contributed by atoms with Gasteiger partial charge in [0.15, 0.2) is 0 Å². The molecule has 0 radical (unpaired) electrons. The van der Waals surface area contributed by atoms with E-state index in [9.17, 15) is 0 Å². The van der Waals surface area contributed by atoms with Crippen molar-refractivity contribution in [3.05, 3.63) is 126 Å². The minimum atomic E-state index is 0. The van der Waals surface area contributed by atoms with Gasteiger partial charge in [-0.1, -0.05) is 61.3 Å². The maximum absolute atomic E-state index is 6.39. The number of aromatic nitrogens is 4. The number of nitrogens with zero attached hydrogens (tertiary/aromatic N) is 4. The van der Waals surface area contributed by atoms with Gasteiger partial charge in [0.1, 0.15) is 11.6 Å². The van der Waals surface area contributed by atoms with Crippen LogP contribution in [-0.2, 0) is 27.5 Å². The summed E-state index contributed by atoms with van der Waals surface area (Å²) < 4.78 is 16.0. The van der Waals surface area contributed by atoms with Crippen molar-refractivity contribution in [2.24, 2.45) is 0 Å². The third-order valence-electron chi connectivity index (χ3n) is 7.99. The molecule has 0 aliphatic heterocycles. The molecule has 226 valence electrons. The molecule has 6 nitrogen and oxygen atoms in total. The van der Waals surface area contributed by atoms with Crippen LogP contribution in [0.25, 0.3) is 44.4 Å². The van der Waals surface area contributed by atoms with E-state index in [0.717, 1.165) is 74.4 Å². The summed E-state index contributed by atoms with van der Waals surface area (Å²) in [5, 5.41) is 7.10. The number of rotatable bonds is 8. The topological polar surface area (TPSA) is 54.1 Å². The minimum absolute atomic E-state index is 0. The van der Waals surface area contributed by atoms with Gasteiger partial charge in [0.2, 0.25) is 0 Å². The number of hydrogen-bond acceptors (Lipinski definition) is 4. The summed E-state index contributed by atoms with van der Waals surface area (Å²) >= 11 is 0. The van der Waals surface area contributed by atoms with E-state index >= 15 is 0 Å². The smallest absolute Gasteiger partial charge is 0.509 e. The number of aryl methyl sites for hydroxylation is 2. The van der Waals surface area contributed by atoms with Crippen molar-refractivity contribution in [1.82, 2.24) is 19.3 Å². The molecule has 7 rings (SSSR count). The summed E-state index contributed by atoms with van der Waals surface area (Å²) in [6, 6.07) is 37.7. The molecule has 0 fully saturated rings. The summed E-state index contributed by atoms with van der Waals surface area (Å²) in [5.74, 6) is 2.67. The van der Waals surface area contributed by atoms with Crippen LogP contribution >= 0.6 is 0 Å². The van der Waals surface area contributed by atoms with Crippen LogP contribution in [-0.4, -0.2) is 26.4 Å². The van der Waals surface area contributed by atoms with Crippen LogP contribution in [0.1, 0.15) is 30.3 Å².